The third kappa shape index (κ3) is 3.93. The predicted molar refractivity (Wildman–Crippen MR) is 184 cm³/mol. The topological polar surface area (TPSA) is 16.4 Å². The zero-order chi connectivity index (χ0) is 28.3. The molecular weight excluding hydrogens is 543 g/mol. The number of rotatable bonds is 4. The van der Waals surface area contributed by atoms with Crippen LogP contribution >= 0.6 is 11.3 Å². The molecule has 3 heteroatoms. The normalized spacial score (nSPS) is 11.7. The van der Waals surface area contributed by atoms with Crippen molar-refractivity contribution < 1.29 is 4.42 Å². The molecule has 0 N–H and O–H groups in total. The molecule has 2 heterocycles. The highest BCUT2D eigenvalue weighted by atomic mass is 32.1. The average Bonchev–Trinajstić information content (AvgIpc) is 3.64. The summed E-state index contributed by atoms with van der Waals surface area (Å²) in [5.41, 5.74) is 7.64. The van der Waals surface area contributed by atoms with Crippen molar-refractivity contribution in [2.75, 3.05) is 4.90 Å². The van der Waals surface area contributed by atoms with E-state index in [1.165, 1.54) is 47.5 Å². The first-order chi connectivity index (χ1) is 21.3. The molecule has 0 saturated carbocycles. The second kappa shape index (κ2) is 9.59. The minimum absolute atomic E-state index is 0.921. The van der Waals surface area contributed by atoms with Gasteiger partial charge in [0, 0.05) is 48.0 Å². The molecule has 0 aliphatic rings. The van der Waals surface area contributed by atoms with Crippen LogP contribution in [-0.2, 0) is 0 Å². The molecule has 43 heavy (non-hydrogen) atoms. The van der Waals surface area contributed by atoms with Gasteiger partial charge in [-0.25, -0.2) is 0 Å². The first-order valence-electron chi connectivity index (χ1n) is 14.5. The number of thiophene rings is 1. The lowest BCUT2D eigenvalue weighted by Crippen LogP contribution is -2.09. The predicted octanol–water partition coefficient (Wildman–Crippen LogP) is 12.2. The molecule has 0 spiro atoms. The number of hydrogen-bond acceptors (Lipinski definition) is 3. The monoisotopic (exact) mass is 567 g/mol. The lowest BCUT2D eigenvalue weighted by Gasteiger charge is -2.26. The van der Waals surface area contributed by atoms with Crippen molar-refractivity contribution in [2.45, 2.75) is 0 Å². The number of furan rings is 1. The second-order valence-corrected chi connectivity index (χ2v) is 12.1. The van der Waals surface area contributed by atoms with Gasteiger partial charge in [0.15, 0.2) is 0 Å². The number of fused-ring (bicyclic) bond motifs is 8. The van der Waals surface area contributed by atoms with Gasteiger partial charge in [-0.3, -0.25) is 0 Å². The summed E-state index contributed by atoms with van der Waals surface area (Å²) in [5, 5.41) is 7.33. The zero-order valence-electron chi connectivity index (χ0n) is 23.2. The first-order valence-corrected chi connectivity index (χ1v) is 15.3. The van der Waals surface area contributed by atoms with Crippen LogP contribution in [0.4, 0.5) is 17.1 Å². The molecule has 9 aromatic rings. The number of nitrogens with zero attached hydrogens (tertiary/aromatic N) is 1. The first kappa shape index (κ1) is 24.2. The maximum Gasteiger partial charge on any atom is 0.136 e. The van der Waals surface area contributed by atoms with Crippen molar-refractivity contribution >= 4 is 81.3 Å². The van der Waals surface area contributed by atoms with E-state index in [4.69, 9.17) is 4.42 Å². The van der Waals surface area contributed by atoms with E-state index in [1.54, 1.807) is 0 Å². The summed E-state index contributed by atoms with van der Waals surface area (Å²) in [4.78, 5) is 2.37. The highest BCUT2D eigenvalue weighted by molar-refractivity contribution is 7.25. The molecule has 9 rings (SSSR count). The van der Waals surface area contributed by atoms with Gasteiger partial charge in [0.2, 0.25) is 0 Å². The van der Waals surface area contributed by atoms with Crippen LogP contribution in [0.25, 0.3) is 64.0 Å². The van der Waals surface area contributed by atoms with Crippen molar-refractivity contribution in [3.05, 3.63) is 152 Å². The van der Waals surface area contributed by atoms with Crippen LogP contribution in [0.5, 0.6) is 0 Å². The van der Waals surface area contributed by atoms with Gasteiger partial charge in [0.05, 0.1) is 0 Å². The van der Waals surface area contributed by atoms with Crippen LogP contribution in [0.1, 0.15) is 0 Å². The van der Waals surface area contributed by atoms with Gasteiger partial charge in [-0.05, 0) is 76.5 Å². The van der Waals surface area contributed by atoms with E-state index in [-0.39, 0.29) is 0 Å². The Bertz CT molecular complexity index is 2450. The maximum atomic E-state index is 6.18. The minimum Gasteiger partial charge on any atom is -0.456 e. The molecule has 0 fully saturated rings. The quantitative estimate of drug-likeness (QED) is 0.210. The van der Waals surface area contributed by atoms with E-state index in [9.17, 15) is 0 Å². The largest absolute Gasteiger partial charge is 0.456 e. The lowest BCUT2D eigenvalue weighted by atomic mass is 10.0. The van der Waals surface area contributed by atoms with E-state index in [1.807, 2.05) is 23.5 Å². The highest BCUT2D eigenvalue weighted by Gasteiger charge is 2.17. The molecule has 2 aromatic heterocycles. The van der Waals surface area contributed by atoms with Crippen LogP contribution in [0.15, 0.2) is 156 Å². The smallest absolute Gasteiger partial charge is 0.136 e. The third-order valence-corrected chi connectivity index (χ3v) is 9.59. The van der Waals surface area contributed by atoms with Crippen LogP contribution in [-0.4, -0.2) is 0 Å². The standard InChI is InChI=1S/C40H25NOS/c1-2-8-26(9-3-1)27-14-17-29(18-15-27)41(31-20-22-34-33-10-5-7-13-38(33)43-39(34)25-31)30-19-21-32-28(24-30)16-23-37-40(32)35-11-4-6-12-36(35)42-37/h1-25H. The van der Waals surface area contributed by atoms with Crippen LogP contribution < -0.4 is 4.90 Å². The Hall–Kier alpha value is -5.38. The molecule has 0 saturated heterocycles. The van der Waals surface area contributed by atoms with Gasteiger partial charge >= 0.3 is 0 Å². The fourth-order valence-electron chi connectivity index (χ4n) is 6.41. The van der Waals surface area contributed by atoms with Gasteiger partial charge in [0.25, 0.3) is 0 Å². The molecule has 0 unspecified atom stereocenters. The summed E-state index contributed by atoms with van der Waals surface area (Å²) in [6.45, 7) is 0. The SMILES string of the molecule is c1ccc(-c2ccc(N(c3ccc4c(ccc5oc6ccccc6c54)c3)c3ccc4c(c3)sc3ccccc34)cc2)cc1. The molecule has 0 aliphatic carbocycles. The van der Waals surface area contributed by atoms with Gasteiger partial charge in [-0.1, -0.05) is 97.1 Å². The molecule has 202 valence electrons. The molecule has 0 radical (unpaired) electrons. The Balaban J connectivity index is 1.23. The maximum absolute atomic E-state index is 6.18. The summed E-state index contributed by atoms with van der Waals surface area (Å²) in [5.74, 6) is 0. The van der Waals surface area contributed by atoms with Crippen LogP contribution in [0.2, 0.25) is 0 Å². The van der Waals surface area contributed by atoms with Crippen molar-refractivity contribution in [1.82, 2.24) is 0 Å². The van der Waals surface area contributed by atoms with Gasteiger partial charge < -0.3 is 9.32 Å². The van der Waals surface area contributed by atoms with E-state index >= 15 is 0 Å². The van der Waals surface area contributed by atoms with Crippen LogP contribution in [0, 0.1) is 0 Å². The average molecular weight is 568 g/mol. The Kier molecular flexibility index (Phi) is 5.40. The summed E-state index contributed by atoms with van der Waals surface area (Å²) < 4.78 is 8.79. The summed E-state index contributed by atoms with van der Waals surface area (Å²) in [6.07, 6.45) is 0. The lowest BCUT2D eigenvalue weighted by molar-refractivity contribution is 0.669. The molecule has 0 aliphatic heterocycles. The van der Waals surface area contributed by atoms with Crippen LogP contribution in [0.3, 0.4) is 0 Å². The number of benzene rings is 7. The molecule has 0 atom stereocenters. The second-order valence-electron chi connectivity index (χ2n) is 11.0. The molecule has 0 bridgehead atoms. The van der Waals surface area contributed by atoms with Gasteiger partial charge in [-0.2, -0.15) is 0 Å². The summed E-state index contributed by atoms with van der Waals surface area (Å²) in [6, 6.07) is 54.4. The number of hydrogen-bond donors (Lipinski definition) is 0. The van der Waals surface area contributed by atoms with Crippen molar-refractivity contribution in [2.24, 2.45) is 0 Å². The Morgan fingerprint density at radius 2 is 1.07 bits per heavy atom. The van der Waals surface area contributed by atoms with E-state index < -0.39 is 0 Å². The minimum atomic E-state index is 0.921. The number of anilines is 3. The Morgan fingerprint density at radius 3 is 1.93 bits per heavy atom. The fraction of sp³-hybridized carbons (Fsp3) is 0. The highest BCUT2D eigenvalue weighted by Crippen LogP contribution is 2.43. The van der Waals surface area contributed by atoms with E-state index in [0.29, 0.717) is 0 Å². The summed E-state index contributed by atoms with van der Waals surface area (Å²) >= 11 is 1.85. The molecular formula is C40H25NOS. The van der Waals surface area contributed by atoms with Gasteiger partial charge in [-0.15, -0.1) is 11.3 Å². The Morgan fingerprint density at radius 1 is 0.419 bits per heavy atom. The van der Waals surface area contributed by atoms with Crippen molar-refractivity contribution in [1.29, 1.82) is 0 Å². The third-order valence-electron chi connectivity index (χ3n) is 8.45. The molecule has 7 aromatic carbocycles. The van der Waals surface area contributed by atoms with Crippen molar-refractivity contribution in [3.8, 4) is 11.1 Å². The molecule has 0 amide bonds. The van der Waals surface area contributed by atoms with E-state index in [0.717, 1.165) is 33.6 Å². The number of para-hydroxylation sites is 1. The zero-order valence-corrected chi connectivity index (χ0v) is 24.0. The molecule has 2 nitrogen and oxygen atoms in total. The van der Waals surface area contributed by atoms with Gasteiger partial charge in [0.1, 0.15) is 11.2 Å². The summed E-state index contributed by atoms with van der Waals surface area (Å²) in [7, 11) is 0. The van der Waals surface area contributed by atoms with Crippen molar-refractivity contribution in [3.63, 3.8) is 0 Å². The fourth-order valence-corrected chi connectivity index (χ4v) is 7.55. The Labute approximate surface area is 252 Å². The van der Waals surface area contributed by atoms with E-state index in [2.05, 4.69) is 144 Å².